The number of hydrogen-bond donors (Lipinski definition) is 0. The lowest BCUT2D eigenvalue weighted by molar-refractivity contribution is -0.124. The number of fused-ring (bicyclic) bond motifs is 1. The summed E-state index contributed by atoms with van der Waals surface area (Å²) in [5, 5.41) is 0.598. The van der Waals surface area contributed by atoms with E-state index < -0.39 is 6.17 Å². The molecule has 1 aromatic heterocycles. The third kappa shape index (κ3) is 2.02. The molecule has 1 unspecified atom stereocenters. The van der Waals surface area contributed by atoms with Crippen molar-refractivity contribution in [2.24, 2.45) is 9.98 Å². The van der Waals surface area contributed by atoms with E-state index in [4.69, 9.17) is 0 Å². The minimum atomic E-state index is -0.503. The standard InChI is InChI=1S/C11H14N6O/c1-16-2-4-17(5-3-16)10-11(18)15-9-8(14-10)6-12-7-13-9/h6-7,10H,2-5H2,1H3. The third-order valence-corrected chi connectivity index (χ3v) is 3.25. The van der Waals surface area contributed by atoms with Crippen molar-refractivity contribution >= 4 is 5.91 Å². The molecule has 3 heterocycles. The van der Waals surface area contributed by atoms with Crippen LogP contribution in [0, 0.1) is 0 Å². The van der Waals surface area contributed by atoms with E-state index in [1.54, 1.807) is 6.20 Å². The Morgan fingerprint density at radius 1 is 1.28 bits per heavy atom. The summed E-state index contributed by atoms with van der Waals surface area (Å²) < 4.78 is 0. The number of nitrogens with zero attached hydrogens (tertiary/aromatic N) is 6. The fourth-order valence-electron chi connectivity index (χ4n) is 2.15. The lowest BCUT2D eigenvalue weighted by Gasteiger charge is -2.35. The number of likely N-dealkylation sites (N-methyl/N-ethyl adjacent to an activating group) is 1. The Kier molecular flexibility index (Phi) is 2.85. The van der Waals surface area contributed by atoms with Gasteiger partial charge < -0.3 is 4.90 Å². The summed E-state index contributed by atoms with van der Waals surface area (Å²) in [5.41, 5.74) is 0.375. The van der Waals surface area contributed by atoms with Crippen LogP contribution in [0.25, 0.3) is 0 Å². The van der Waals surface area contributed by atoms with E-state index in [0.717, 1.165) is 26.2 Å². The van der Waals surface area contributed by atoms with Crippen LogP contribution in [-0.4, -0.2) is 65.1 Å². The number of carbonyl (C=O) groups excluding carboxylic acids is 1. The van der Waals surface area contributed by atoms with E-state index in [-0.39, 0.29) is 5.91 Å². The molecule has 2 aliphatic rings. The zero-order valence-corrected chi connectivity index (χ0v) is 10.2. The maximum atomic E-state index is 12.0. The molecule has 1 saturated heterocycles. The van der Waals surface area contributed by atoms with Gasteiger partial charge in [-0.2, -0.15) is 4.99 Å². The van der Waals surface area contributed by atoms with Gasteiger partial charge >= 0.3 is 0 Å². The first kappa shape index (κ1) is 11.4. The van der Waals surface area contributed by atoms with Crippen LogP contribution in [-0.2, 0) is 4.79 Å². The van der Waals surface area contributed by atoms with E-state index in [1.165, 1.54) is 6.33 Å². The van der Waals surface area contributed by atoms with E-state index in [0.29, 0.717) is 10.8 Å². The smallest absolute Gasteiger partial charge is 0.287 e. The largest absolute Gasteiger partial charge is 0.304 e. The van der Waals surface area contributed by atoms with Crippen LogP contribution in [0.15, 0.2) is 22.5 Å². The van der Waals surface area contributed by atoms with Gasteiger partial charge in [-0.15, -0.1) is 0 Å². The highest BCUT2D eigenvalue weighted by molar-refractivity contribution is 5.82. The van der Waals surface area contributed by atoms with Gasteiger partial charge in [0.2, 0.25) is 0 Å². The van der Waals surface area contributed by atoms with Crippen LogP contribution in [0.3, 0.4) is 0 Å². The van der Waals surface area contributed by atoms with Gasteiger partial charge in [-0.3, -0.25) is 14.7 Å². The number of amides is 1. The quantitative estimate of drug-likeness (QED) is 0.564. The highest BCUT2D eigenvalue weighted by Gasteiger charge is 2.29. The van der Waals surface area contributed by atoms with Crippen molar-refractivity contribution < 1.29 is 4.79 Å². The third-order valence-electron chi connectivity index (χ3n) is 3.25. The van der Waals surface area contributed by atoms with Crippen molar-refractivity contribution in [3.05, 3.63) is 23.4 Å². The van der Waals surface area contributed by atoms with Crippen molar-refractivity contribution in [1.82, 2.24) is 19.8 Å². The SMILES string of the molecule is CN1CCN(C2N=c3cncnc3=NC2=O)CC1. The van der Waals surface area contributed by atoms with Crippen LogP contribution in [0.4, 0.5) is 0 Å². The number of piperazine rings is 1. The van der Waals surface area contributed by atoms with Crippen LogP contribution < -0.4 is 10.8 Å². The molecule has 0 bridgehead atoms. The summed E-state index contributed by atoms with van der Waals surface area (Å²) in [5.74, 6) is -0.231. The second-order valence-corrected chi connectivity index (χ2v) is 4.52. The minimum Gasteiger partial charge on any atom is -0.304 e. The second kappa shape index (κ2) is 4.51. The lowest BCUT2D eigenvalue weighted by atomic mass is 10.3. The molecule has 7 heteroatoms. The summed E-state index contributed by atoms with van der Waals surface area (Å²) in [6, 6.07) is 0. The first-order chi connectivity index (χ1) is 8.74. The number of rotatable bonds is 1. The second-order valence-electron chi connectivity index (χ2n) is 4.52. The Morgan fingerprint density at radius 2 is 2.06 bits per heavy atom. The zero-order chi connectivity index (χ0) is 12.5. The average Bonchev–Trinajstić information content (AvgIpc) is 2.39. The molecule has 0 aliphatic carbocycles. The molecular formula is C11H14N6O. The van der Waals surface area contributed by atoms with E-state index >= 15 is 0 Å². The van der Waals surface area contributed by atoms with Crippen molar-refractivity contribution in [2.75, 3.05) is 33.2 Å². The van der Waals surface area contributed by atoms with Crippen molar-refractivity contribution in [3.63, 3.8) is 0 Å². The Bertz CT molecular complexity index is 577. The molecule has 2 aliphatic heterocycles. The molecule has 0 saturated carbocycles. The molecule has 1 aromatic rings. The summed E-state index contributed by atoms with van der Waals surface area (Å²) in [7, 11) is 2.07. The molecule has 0 N–H and O–H groups in total. The minimum absolute atomic E-state index is 0.231. The van der Waals surface area contributed by atoms with Crippen molar-refractivity contribution in [1.29, 1.82) is 0 Å². The fraction of sp³-hybridized carbons (Fsp3) is 0.545. The van der Waals surface area contributed by atoms with Gasteiger partial charge in [-0.25, -0.2) is 9.97 Å². The first-order valence-corrected chi connectivity index (χ1v) is 5.93. The average molecular weight is 246 g/mol. The molecule has 94 valence electrons. The van der Waals surface area contributed by atoms with Gasteiger partial charge in [0.05, 0.1) is 6.20 Å². The zero-order valence-electron chi connectivity index (χ0n) is 10.2. The molecular weight excluding hydrogens is 232 g/mol. The predicted molar refractivity (Wildman–Crippen MR) is 62.2 cm³/mol. The van der Waals surface area contributed by atoms with E-state index in [2.05, 4.69) is 36.8 Å². The Morgan fingerprint density at radius 3 is 2.83 bits per heavy atom. The predicted octanol–water partition coefficient (Wildman–Crippen LogP) is -2.17. The fourth-order valence-corrected chi connectivity index (χ4v) is 2.15. The number of carbonyl (C=O) groups is 1. The van der Waals surface area contributed by atoms with Gasteiger partial charge in [-0.05, 0) is 7.05 Å². The molecule has 1 amide bonds. The topological polar surface area (TPSA) is 74.1 Å². The van der Waals surface area contributed by atoms with Gasteiger partial charge in [0.25, 0.3) is 5.91 Å². The molecule has 18 heavy (non-hydrogen) atoms. The number of aromatic nitrogens is 2. The Hall–Kier alpha value is -1.73. The maximum Gasteiger partial charge on any atom is 0.287 e. The Labute approximate surface area is 104 Å². The molecule has 0 aromatic carbocycles. The van der Waals surface area contributed by atoms with Crippen LogP contribution >= 0.6 is 0 Å². The highest BCUT2D eigenvalue weighted by Crippen LogP contribution is 2.08. The van der Waals surface area contributed by atoms with Crippen LogP contribution in [0.2, 0.25) is 0 Å². The molecule has 3 rings (SSSR count). The Balaban J connectivity index is 1.91. The van der Waals surface area contributed by atoms with Crippen molar-refractivity contribution in [3.8, 4) is 0 Å². The normalized spacial score (nSPS) is 25.2. The van der Waals surface area contributed by atoms with Crippen LogP contribution in [0.1, 0.15) is 0 Å². The van der Waals surface area contributed by atoms with Gasteiger partial charge in [0.1, 0.15) is 11.7 Å². The molecule has 0 radical (unpaired) electrons. The van der Waals surface area contributed by atoms with Gasteiger partial charge in [0.15, 0.2) is 11.7 Å². The monoisotopic (exact) mass is 246 g/mol. The summed E-state index contributed by atoms with van der Waals surface area (Å²) in [6.07, 6.45) is 2.47. The lowest BCUT2D eigenvalue weighted by Crippen LogP contribution is -2.53. The van der Waals surface area contributed by atoms with Gasteiger partial charge in [0, 0.05) is 26.2 Å². The maximum absolute atomic E-state index is 12.0. The summed E-state index contributed by atoms with van der Waals surface area (Å²) in [6.45, 7) is 3.54. The molecule has 1 atom stereocenters. The molecule has 0 spiro atoms. The van der Waals surface area contributed by atoms with E-state index in [1.807, 2.05) is 0 Å². The van der Waals surface area contributed by atoms with Gasteiger partial charge in [-0.1, -0.05) is 0 Å². The first-order valence-electron chi connectivity index (χ1n) is 5.93. The van der Waals surface area contributed by atoms with E-state index in [9.17, 15) is 4.79 Å². The van der Waals surface area contributed by atoms with Crippen molar-refractivity contribution in [2.45, 2.75) is 6.17 Å². The van der Waals surface area contributed by atoms with Crippen LogP contribution in [0.5, 0.6) is 0 Å². The number of hydrogen-bond acceptors (Lipinski definition) is 6. The highest BCUT2D eigenvalue weighted by atomic mass is 16.2. The molecule has 7 nitrogen and oxygen atoms in total. The molecule has 1 fully saturated rings. The summed E-state index contributed by atoms with van der Waals surface area (Å²) >= 11 is 0. The summed E-state index contributed by atoms with van der Waals surface area (Å²) in [4.78, 5) is 32.5.